The Morgan fingerprint density at radius 2 is 1.87 bits per heavy atom. The van der Waals surface area contributed by atoms with Crippen LogP contribution in [0.4, 0.5) is 17.6 Å². The molecule has 1 unspecified atom stereocenters. The molecule has 0 saturated carbocycles. The second-order valence-electron chi connectivity index (χ2n) is 10.7. The minimum absolute atomic E-state index is 0.0558. The summed E-state index contributed by atoms with van der Waals surface area (Å²) in [5.41, 5.74) is 10.1. The molecule has 0 bridgehead atoms. The van der Waals surface area contributed by atoms with Crippen LogP contribution in [-0.4, -0.2) is 54.6 Å². The Morgan fingerprint density at radius 3 is 2.38 bits per heavy atom. The Bertz CT molecular complexity index is 1410. The van der Waals surface area contributed by atoms with Gasteiger partial charge >= 0.3 is 6.18 Å². The van der Waals surface area contributed by atoms with Crippen LogP contribution in [0.1, 0.15) is 51.4 Å². The van der Waals surface area contributed by atoms with Gasteiger partial charge in [0.2, 0.25) is 12.3 Å². The summed E-state index contributed by atoms with van der Waals surface area (Å²) < 4.78 is 52.8. The van der Waals surface area contributed by atoms with Crippen LogP contribution < -0.4 is 21.7 Å². The summed E-state index contributed by atoms with van der Waals surface area (Å²) >= 11 is 0. The van der Waals surface area contributed by atoms with Gasteiger partial charge in [0.05, 0.1) is 23.7 Å². The molecular weight excluding hydrogens is 612 g/mol. The van der Waals surface area contributed by atoms with E-state index in [0.29, 0.717) is 24.2 Å². The number of likely N-dealkylation sites (N-methyl/N-ethyl adjacent to an activating group) is 1. The van der Waals surface area contributed by atoms with E-state index in [1.54, 1.807) is 12.3 Å². The highest BCUT2D eigenvalue weighted by atomic mass is 19.4. The molecule has 0 spiro atoms. The number of halogens is 4. The fourth-order valence-electron chi connectivity index (χ4n) is 3.95. The topological polar surface area (TPSA) is 112 Å². The van der Waals surface area contributed by atoms with Crippen molar-refractivity contribution < 1.29 is 27.2 Å². The van der Waals surface area contributed by atoms with Crippen LogP contribution in [0.5, 0.6) is 0 Å². The zero-order chi connectivity index (χ0) is 35.4. The minimum atomic E-state index is -4.40. The summed E-state index contributed by atoms with van der Waals surface area (Å²) in [6, 6.07) is 10.0. The molecule has 1 aliphatic rings. The molecule has 1 aromatic heterocycles. The molecule has 1 aromatic carbocycles. The van der Waals surface area contributed by atoms with Crippen LogP contribution in [0.25, 0.3) is 11.3 Å². The quantitative estimate of drug-likeness (QED) is 0.0953. The van der Waals surface area contributed by atoms with E-state index in [9.17, 15) is 27.2 Å². The Balaban J connectivity index is 0.000000783. The highest BCUT2D eigenvalue weighted by Gasteiger charge is 2.34. The van der Waals surface area contributed by atoms with Gasteiger partial charge < -0.3 is 26.6 Å². The zero-order valence-electron chi connectivity index (χ0n) is 27.6. The van der Waals surface area contributed by atoms with E-state index in [0.717, 1.165) is 43.9 Å². The number of aromatic nitrogens is 1. The highest BCUT2D eigenvalue weighted by molar-refractivity contribution is 5.80. The van der Waals surface area contributed by atoms with Gasteiger partial charge in [-0.1, -0.05) is 49.8 Å². The molecule has 0 radical (unpaired) electrons. The molecule has 0 fully saturated rings. The normalized spacial score (nSPS) is 13.6. The fraction of sp³-hybridized carbons (Fsp3) is 0.343. The number of allylic oxidation sites excluding steroid dienone is 5. The van der Waals surface area contributed by atoms with Crippen LogP contribution in [-0.2, 0) is 16.0 Å². The molecule has 12 heteroatoms. The number of nitrogens with zero attached hydrogens (tertiary/aromatic N) is 2. The minimum Gasteiger partial charge on any atom is -0.403 e. The van der Waals surface area contributed by atoms with Gasteiger partial charge in [0, 0.05) is 49.5 Å². The van der Waals surface area contributed by atoms with Gasteiger partial charge in [-0.2, -0.15) is 13.2 Å². The van der Waals surface area contributed by atoms with E-state index in [2.05, 4.69) is 27.5 Å². The number of alkyl halides is 3. The summed E-state index contributed by atoms with van der Waals surface area (Å²) in [4.78, 5) is 28.0. The van der Waals surface area contributed by atoms with Gasteiger partial charge in [0.25, 0.3) is 0 Å². The van der Waals surface area contributed by atoms with Gasteiger partial charge in [-0.3, -0.25) is 14.6 Å². The standard InChI is InChI=1S/C26H26F4N4O.C5H12N2O.C4H8/c1-17(26(28,29)30)13-18(2)33-25(35)15-20-6-7-21(14-22(20)27)24(16-31)34-11-8-19(9-12-34)23-5-3-4-10-32-23;1-2-6-3-4-7-5-8;1-4(2)3/h3-11,13-14,16-17H,12,15,31H2,1-2H3,(H,33,35);5-6H,2-4H2,1H3,(H,7,8);1H2,2-3H3/b18-13+,24-16-;;. The Morgan fingerprint density at radius 1 is 1.17 bits per heavy atom. The average molecular weight is 659 g/mol. The molecule has 0 aliphatic carbocycles. The summed E-state index contributed by atoms with van der Waals surface area (Å²) in [5.74, 6) is -2.94. The fourth-order valence-corrected chi connectivity index (χ4v) is 3.95. The van der Waals surface area contributed by atoms with E-state index in [-0.39, 0.29) is 17.7 Å². The maximum Gasteiger partial charge on any atom is 0.394 e. The first-order valence-electron chi connectivity index (χ1n) is 15.0. The number of benzene rings is 1. The van der Waals surface area contributed by atoms with Crippen molar-refractivity contribution in [2.75, 3.05) is 26.2 Å². The van der Waals surface area contributed by atoms with Gasteiger partial charge in [-0.05, 0) is 62.7 Å². The van der Waals surface area contributed by atoms with Crippen molar-refractivity contribution in [3.8, 4) is 0 Å². The lowest BCUT2D eigenvalue weighted by molar-refractivity contribution is -0.156. The van der Waals surface area contributed by atoms with Crippen molar-refractivity contribution in [1.82, 2.24) is 25.8 Å². The second kappa shape index (κ2) is 21.2. The third-order valence-electron chi connectivity index (χ3n) is 6.20. The largest absolute Gasteiger partial charge is 0.403 e. The number of hydrogen-bond acceptors (Lipinski definition) is 6. The Kier molecular flexibility index (Phi) is 18.1. The monoisotopic (exact) mass is 658 g/mol. The van der Waals surface area contributed by atoms with Crippen LogP contribution in [0.15, 0.2) is 91.1 Å². The van der Waals surface area contributed by atoms with E-state index in [4.69, 9.17) is 5.73 Å². The molecule has 47 heavy (non-hydrogen) atoms. The number of hydrogen-bond donors (Lipinski definition) is 4. The van der Waals surface area contributed by atoms with E-state index in [1.807, 2.05) is 62.2 Å². The zero-order valence-corrected chi connectivity index (χ0v) is 27.6. The van der Waals surface area contributed by atoms with Crippen LogP contribution >= 0.6 is 0 Å². The molecule has 2 aromatic rings. The number of amides is 2. The summed E-state index contributed by atoms with van der Waals surface area (Å²) in [6.45, 7) is 14.9. The molecule has 2 heterocycles. The molecule has 2 amide bonds. The molecule has 0 saturated heterocycles. The van der Waals surface area contributed by atoms with Gasteiger partial charge in [0.15, 0.2) is 0 Å². The lowest BCUT2D eigenvalue weighted by Gasteiger charge is -2.25. The number of carbonyl (C=O) groups excluding carboxylic acids is 2. The molecular formula is C35H46F4N6O2. The number of pyridine rings is 1. The van der Waals surface area contributed by atoms with Crippen molar-refractivity contribution in [3.05, 3.63) is 114 Å². The van der Waals surface area contributed by atoms with Crippen LogP contribution in [0, 0.1) is 11.7 Å². The van der Waals surface area contributed by atoms with E-state index < -0.39 is 23.8 Å². The van der Waals surface area contributed by atoms with Crippen molar-refractivity contribution in [2.24, 2.45) is 11.7 Å². The number of carbonyl (C=O) groups is 2. The molecule has 256 valence electrons. The van der Waals surface area contributed by atoms with Gasteiger partial charge in [-0.25, -0.2) is 4.39 Å². The Labute approximate surface area is 275 Å². The number of nitrogens with two attached hydrogens (primary N) is 1. The predicted octanol–water partition coefficient (Wildman–Crippen LogP) is 6.08. The number of nitrogens with one attached hydrogen (secondary N) is 3. The van der Waals surface area contributed by atoms with Crippen LogP contribution in [0.3, 0.4) is 0 Å². The maximum absolute atomic E-state index is 14.8. The first-order chi connectivity index (χ1) is 22.2. The van der Waals surface area contributed by atoms with Gasteiger partial charge in [0.1, 0.15) is 5.82 Å². The molecule has 8 nitrogen and oxygen atoms in total. The lowest BCUT2D eigenvalue weighted by atomic mass is 10.0. The number of rotatable bonds is 12. The SMILES string of the molecule is C/C(=C\C(C)C(F)(F)F)NC(=O)Cc1ccc(/C(=C/N)N2C=CC(c3ccccn3)=CC2)cc1F.C=C(C)C.CCNCCNC=O. The van der Waals surface area contributed by atoms with Crippen molar-refractivity contribution >= 4 is 23.6 Å². The second-order valence-corrected chi connectivity index (χ2v) is 10.7. The van der Waals surface area contributed by atoms with Crippen molar-refractivity contribution in [2.45, 2.75) is 47.2 Å². The van der Waals surface area contributed by atoms with Crippen molar-refractivity contribution in [1.29, 1.82) is 0 Å². The van der Waals surface area contributed by atoms with E-state index >= 15 is 0 Å². The third-order valence-corrected chi connectivity index (χ3v) is 6.20. The lowest BCUT2D eigenvalue weighted by Crippen LogP contribution is -2.26. The third kappa shape index (κ3) is 15.9. The predicted molar refractivity (Wildman–Crippen MR) is 181 cm³/mol. The average Bonchev–Trinajstić information content (AvgIpc) is 3.01. The molecule has 1 atom stereocenters. The highest BCUT2D eigenvalue weighted by Crippen LogP contribution is 2.28. The Hall–Kier alpha value is -4.71. The summed E-state index contributed by atoms with van der Waals surface area (Å²) in [5, 5.41) is 7.97. The first-order valence-corrected chi connectivity index (χ1v) is 15.0. The maximum atomic E-state index is 14.8. The molecule has 5 N–H and O–H groups in total. The first kappa shape index (κ1) is 40.3. The van der Waals surface area contributed by atoms with Gasteiger partial charge in [-0.15, -0.1) is 6.58 Å². The smallest absolute Gasteiger partial charge is 0.394 e. The van der Waals surface area contributed by atoms with Crippen LogP contribution in [0.2, 0.25) is 0 Å². The summed E-state index contributed by atoms with van der Waals surface area (Å²) in [7, 11) is 0. The van der Waals surface area contributed by atoms with Crippen molar-refractivity contribution in [3.63, 3.8) is 0 Å². The van der Waals surface area contributed by atoms with E-state index in [1.165, 1.54) is 30.8 Å². The molecule has 3 rings (SSSR count). The summed E-state index contributed by atoms with van der Waals surface area (Å²) in [6.07, 6.45) is 5.69. The molecule has 1 aliphatic heterocycles.